The minimum atomic E-state index is 0.705. The molecule has 174 valence electrons. The van der Waals surface area contributed by atoms with Crippen LogP contribution in [0, 0.1) is 0 Å². The maximum Gasteiger partial charge on any atom is 0.160 e. The van der Waals surface area contributed by atoms with E-state index >= 15 is 0 Å². The van der Waals surface area contributed by atoms with E-state index in [2.05, 4.69) is 88.4 Å². The normalized spacial score (nSPS) is 11.2. The monoisotopic (exact) mass is 474 g/mol. The van der Waals surface area contributed by atoms with Crippen LogP contribution in [0.15, 0.2) is 134 Å². The zero-order valence-electron chi connectivity index (χ0n) is 20.0. The summed E-state index contributed by atoms with van der Waals surface area (Å²) in [4.78, 5) is 14.0. The molecule has 0 N–H and O–H groups in total. The Morgan fingerprint density at radius 3 is 1.62 bits per heavy atom. The first-order valence-electron chi connectivity index (χ1n) is 12.3. The molecule has 3 aromatic heterocycles. The number of para-hydroxylation sites is 2. The van der Waals surface area contributed by atoms with Gasteiger partial charge in [0, 0.05) is 45.5 Å². The lowest BCUT2D eigenvalue weighted by atomic mass is 10.1. The maximum absolute atomic E-state index is 4.96. The Hall–Kier alpha value is -5.09. The van der Waals surface area contributed by atoms with Crippen molar-refractivity contribution in [3.05, 3.63) is 134 Å². The molecule has 37 heavy (non-hydrogen) atoms. The summed E-state index contributed by atoms with van der Waals surface area (Å²) in [6.07, 6.45) is 3.58. The molecule has 0 radical (unpaired) electrons. The fourth-order valence-corrected chi connectivity index (χ4v) is 4.96. The van der Waals surface area contributed by atoms with E-state index in [0.717, 1.165) is 33.8 Å². The second-order valence-corrected chi connectivity index (χ2v) is 8.98. The van der Waals surface area contributed by atoms with Crippen molar-refractivity contribution in [2.75, 3.05) is 0 Å². The van der Waals surface area contributed by atoms with Crippen LogP contribution in [0.25, 0.3) is 61.4 Å². The van der Waals surface area contributed by atoms with Crippen molar-refractivity contribution in [2.24, 2.45) is 0 Å². The Morgan fingerprint density at radius 1 is 0.459 bits per heavy atom. The maximum atomic E-state index is 4.96. The van der Waals surface area contributed by atoms with Crippen LogP contribution in [0.1, 0.15) is 0 Å². The van der Waals surface area contributed by atoms with Gasteiger partial charge in [0.05, 0.1) is 22.4 Å². The summed E-state index contributed by atoms with van der Waals surface area (Å²) in [6.45, 7) is 0. The number of rotatable bonds is 4. The Morgan fingerprint density at radius 2 is 1.00 bits per heavy atom. The van der Waals surface area contributed by atoms with Gasteiger partial charge in [0.25, 0.3) is 0 Å². The topological polar surface area (TPSA) is 43.6 Å². The molecule has 0 aliphatic carbocycles. The van der Waals surface area contributed by atoms with Gasteiger partial charge >= 0.3 is 0 Å². The first-order valence-corrected chi connectivity index (χ1v) is 12.3. The van der Waals surface area contributed by atoms with E-state index in [4.69, 9.17) is 9.97 Å². The third-order valence-corrected chi connectivity index (χ3v) is 6.74. The second kappa shape index (κ2) is 8.85. The molecule has 0 spiro atoms. The van der Waals surface area contributed by atoms with Gasteiger partial charge in [-0.25, -0.2) is 9.97 Å². The SMILES string of the molecule is c1ccc(-c2nc(-c3ccncc3)cc(-c3ccc(-n4c5ccccc5c5ccccc54)cc3)n2)cc1. The van der Waals surface area contributed by atoms with E-state index in [1.165, 1.54) is 21.8 Å². The Bertz CT molecular complexity index is 1740. The quantitative estimate of drug-likeness (QED) is 0.260. The number of pyridine rings is 1. The van der Waals surface area contributed by atoms with Crippen LogP contribution in [-0.4, -0.2) is 19.5 Å². The molecule has 0 aliphatic heterocycles. The average molecular weight is 475 g/mol. The molecule has 7 aromatic rings. The molecule has 0 atom stereocenters. The Labute approximate surface area is 214 Å². The highest BCUT2D eigenvalue weighted by molar-refractivity contribution is 6.09. The highest BCUT2D eigenvalue weighted by atomic mass is 15.0. The van der Waals surface area contributed by atoms with Crippen LogP contribution in [-0.2, 0) is 0 Å². The van der Waals surface area contributed by atoms with Crippen molar-refractivity contribution in [3.63, 3.8) is 0 Å². The summed E-state index contributed by atoms with van der Waals surface area (Å²) in [5, 5.41) is 2.51. The molecule has 3 heterocycles. The second-order valence-electron chi connectivity index (χ2n) is 8.98. The van der Waals surface area contributed by atoms with Crippen molar-refractivity contribution in [1.29, 1.82) is 0 Å². The predicted octanol–water partition coefficient (Wildman–Crippen LogP) is 7.97. The molecule has 4 heteroatoms. The zero-order valence-corrected chi connectivity index (χ0v) is 20.0. The summed E-state index contributed by atoms with van der Waals surface area (Å²) < 4.78 is 2.33. The van der Waals surface area contributed by atoms with Gasteiger partial charge in [-0.3, -0.25) is 4.98 Å². The molecule has 7 rings (SSSR count). The zero-order chi connectivity index (χ0) is 24.6. The molecule has 0 bridgehead atoms. The molecule has 0 fully saturated rings. The van der Waals surface area contributed by atoms with Gasteiger partial charge < -0.3 is 4.57 Å². The van der Waals surface area contributed by atoms with Gasteiger partial charge in [-0.05, 0) is 42.5 Å². The molecule has 0 saturated heterocycles. The van der Waals surface area contributed by atoms with Crippen molar-refractivity contribution < 1.29 is 0 Å². The minimum Gasteiger partial charge on any atom is -0.309 e. The fraction of sp³-hybridized carbons (Fsp3) is 0. The van der Waals surface area contributed by atoms with Crippen LogP contribution in [0.5, 0.6) is 0 Å². The molecular formula is C33H22N4. The van der Waals surface area contributed by atoms with Gasteiger partial charge in [-0.2, -0.15) is 0 Å². The largest absolute Gasteiger partial charge is 0.309 e. The van der Waals surface area contributed by atoms with Crippen LogP contribution < -0.4 is 0 Å². The van der Waals surface area contributed by atoms with Crippen molar-refractivity contribution in [3.8, 4) is 39.6 Å². The predicted molar refractivity (Wildman–Crippen MR) is 150 cm³/mol. The van der Waals surface area contributed by atoms with Crippen LogP contribution >= 0.6 is 0 Å². The van der Waals surface area contributed by atoms with Crippen molar-refractivity contribution in [1.82, 2.24) is 19.5 Å². The minimum absolute atomic E-state index is 0.705. The summed E-state index contributed by atoms with van der Waals surface area (Å²) in [6, 6.07) is 41.9. The molecule has 0 aliphatic rings. The van der Waals surface area contributed by atoms with Crippen molar-refractivity contribution >= 4 is 21.8 Å². The van der Waals surface area contributed by atoms with E-state index in [-0.39, 0.29) is 0 Å². The fourth-order valence-electron chi connectivity index (χ4n) is 4.96. The van der Waals surface area contributed by atoms with Gasteiger partial charge in [-0.15, -0.1) is 0 Å². The van der Waals surface area contributed by atoms with Gasteiger partial charge in [0.1, 0.15) is 0 Å². The lowest BCUT2D eigenvalue weighted by Crippen LogP contribution is -1.97. The highest BCUT2D eigenvalue weighted by Crippen LogP contribution is 2.33. The first-order chi connectivity index (χ1) is 18.3. The molecule has 0 amide bonds. The summed E-state index contributed by atoms with van der Waals surface area (Å²) in [5.74, 6) is 0.705. The molecule has 4 aromatic carbocycles. The number of nitrogens with zero attached hydrogens (tertiary/aromatic N) is 4. The molecule has 0 unspecified atom stereocenters. The lowest BCUT2D eigenvalue weighted by molar-refractivity contribution is 1.17. The van der Waals surface area contributed by atoms with Crippen LogP contribution in [0.2, 0.25) is 0 Å². The number of aromatic nitrogens is 4. The van der Waals surface area contributed by atoms with Gasteiger partial charge in [-0.1, -0.05) is 78.9 Å². The number of benzene rings is 4. The van der Waals surface area contributed by atoms with Crippen LogP contribution in [0.4, 0.5) is 0 Å². The number of fused-ring (bicyclic) bond motifs is 3. The standard InChI is InChI=1S/C33H22N4/c1-2-8-25(9-3-1)33-35-29(22-30(36-33)24-18-20-34-21-19-24)23-14-16-26(17-15-23)37-31-12-6-4-10-27(31)28-11-5-7-13-32(28)37/h1-22H. The molecular weight excluding hydrogens is 452 g/mol. The third-order valence-electron chi connectivity index (χ3n) is 6.74. The highest BCUT2D eigenvalue weighted by Gasteiger charge is 2.13. The van der Waals surface area contributed by atoms with E-state index in [9.17, 15) is 0 Å². The molecule has 0 saturated carbocycles. The number of hydrogen-bond acceptors (Lipinski definition) is 3. The van der Waals surface area contributed by atoms with E-state index in [1.807, 2.05) is 42.5 Å². The number of hydrogen-bond donors (Lipinski definition) is 0. The summed E-state index contributed by atoms with van der Waals surface area (Å²) in [5.41, 5.74) is 8.31. The molecule has 4 nitrogen and oxygen atoms in total. The lowest BCUT2D eigenvalue weighted by Gasteiger charge is -2.11. The van der Waals surface area contributed by atoms with Gasteiger partial charge in [0.15, 0.2) is 5.82 Å². The van der Waals surface area contributed by atoms with Gasteiger partial charge in [0.2, 0.25) is 0 Å². The van der Waals surface area contributed by atoms with Crippen LogP contribution in [0.3, 0.4) is 0 Å². The first kappa shape index (κ1) is 21.2. The van der Waals surface area contributed by atoms with E-state index < -0.39 is 0 Å². The van der Waals surface area contributed by atoms with E-state index in [1.54, 1.807) is 12.4 Å². The summed E-state index contributed by atoms with van der Waals surface area (Å²) in [7, 11) is 0. The van der Waals surface area contributed by atoms with E-state index in [0.29, 0.717) is 5.82 Å². The Kier molecular flexibility index (Phi) is 5.07. The summed E-state index contributed by atoms with van der Waals surface area (Å²) >= 11 is 0. The Balaban J connectivity index is 1.37. The smallest absolute Gasteiger partial charge is 0.160 e. The average Bonchev–Trinajstić information content (AvgIpc) is 3.32. The third kappa shape index (κ3) is 3.76. The van der Waals surface area contributed by atoms with Crippen molar-refractivity contribution in [2.45, 2.75) is 0 Å².